The van der Waals surface area contributed by atoms with Crippen LogP contribution in [-0.4, -0.2) is 50.2 Å². The van der Waals surface area contributed by atoms with E-state index in [1.54, 1.807) is 7.05 Å². The lowest BCUT2D eigenvalue weighted by Gasteiger charge is -2.31. The fourth-order valence-corrected chi connectivity index (χ4v) is 2.35. The molecule has 72 valence electrons. The average molecular weight is 192 g/mol. The summed E-state index contributed by atoms with van der Waals surface area (Å²) in [5.41, 5.74) is 0. The van der Waals surface area contributed by atoms with Crippen LogP contribution in [0.2, 0.25) is 0 Å². The van der Waals surface area contributed by atoms with Gasteiger partial charge in [-0.15, -0.1) is 0 Å². The van der Waals surface area contributed by atoms with Gasteiger partial charge in [0.2, 0.25) is 10.0 Å². The summed E-state index contributed by atoms with van der Waals surface area (Å²) in [7, 11) is -1.39. The Morgan fingerprint density at radius 3 is 2.33 bits per heavy atom. The summed E-state index contributed by atoms with van der Waals surface area (Å²) in [6.45, 7) is 4.25. The van der Waals surface area contributed by atoms with Crippen LogP contribution in [0.25, 0.3) is 0 Å². The predicted octanol–water partition coefficient (Wildman–Crippen LogP) is -0.0689. The summed E-state index contributed by atoms with van der Waals surface area (Å²) >= 11 is 0. The molecule has 1 saturated heterocycles. The van der Waals surface area contributed by atoms with E-state index in [1.165, 1.54) is 4.31 Å². The maximum absolute atomic E-state index is 11.4. The Labute approximate surface area is 74.2 Å². The molecule has 0 saturated carbocycles. The fraction of sp³-hybridized carbons (Fsp3) is 1.00. The van der Waals surface area contributed by atoms with Crippen LogP contribution in [0.4, 0.5) is 0 Å². The van der Waals surface area contributed by atoms with E-state index in [1.807, 2.05) is 11.8 Å². The van der Waals surface area contributed by atoms with E-state index in [4.69, 9.17) is 0 Å². The van der Waals surface area contributed by atoms with Crippen molar-refractivity contribution in [3.05, 3.63) is 0 Å². The fourth-order valence-electron chi connectivity index (χ4n) is 1.04. The Morgan fingerprint density at radius 1 is 1.42 bits per heavy atom. The van der Waals surface area contributed by atoms with Gasteiger partial charge in [0.05, 0.1) is 0 Å². The number of rotatable bonds is 4. The van der Waals surface area contributed by atoms with Gasteiger partial charge >= 0.3 is 0 Å². The first-order valence-electron chi connectivity index (χ1n) is 4.22. The lowest BCUT2D eigenvalue weighted by Crippen LogP contribution is -2.44. The average Bonchev–Trinajstić information content (AvgIpc) is 1.95. The molecule has 1 heterocycles. The second kappa shape index (κ2) is 3.72. The van der Waals surface area contributed by atoms with E-state index in [0.29, 0.717) is 6.54 Å². The van der Waals surface area contributed by atoms with Crippen molar-refractivity contribution < 1.29 is 8.42 Å². The molecule has 0 amide bonds. The van der Waals surface area contributed by atoms with Gasteiger partial charge in [0, 0.05) is 26.7 Å². The van der Waals surface area contributed by atoms with Crippen molar-refractivity contribution in [2.75, 3.05) is 32.6 Å². The summed E-state index contributed by atoms with van der Waals surface area (Å²) in [4.78, 5) is 1.95. The molecular formula is C7H16N2O2S. The van der Waals surface area contributed by atoms with Gasteiger partial charge in [0.1, 0.15) is 5.88 Å². The molecule has 5 heteroatoms. The minimum Gasteiger partial charge on any atom is -0.289 e. The molecule has 0 spiro atoms. The molecule has 0 N–H and O–H groups in total. The Bertz CT molecular complexity index is 234. The first kappa shape index (κ1) is 9.95. The number of hydrogen-bond acceptors (Lipinski definition) is 3. The summed E-state index contributed by atoms with van der Waals surface area (Å²) in [5, 5.41) is 0. The van der Waals surface area contributed by atoms with Crippen molar-refractivity contribution in [1.82, 2.24) is 9.21 Å². The predicted molar refractivity (Wildman–Crippen MR) is 48.3 cm³/mol. The largest absolute Gasteiger partial charge is 0.289 e. The molecule has 12 heavy (non-hydrogen) atoms. The second-order valence-electron chi connectivity index (χ2n) is 3.13. The van der Waals surface area contributed by atoms with Crippen LogP contribution in [0.5, 0.6) is 0 Å². The summed E-state index contributed by atoms with van der Waals surface area (Å²) in [6.07, 6.45) is 1.13. The van der Waals surface area contributed by atoms with Gasteiger partial charge in [-0.2, -0.15) is 0 Å². The first-order valence-corrected chi connectivity index (χ1v) is 5.83. The highest BCUT2D eigenvalue weighted by atomic mass is 32.2. The van der Waals surface area contributed by atoms with Gasteiger partial charge in [0.25, 0.3) is 0 Å². The zero-order valence-electron chi connectivity index (χ0n) is 7.65. The molecule has 0 aliphatic carbocycles. The second-order valence-corrected chi connectivity index (χ2v) is 5.17. The van der Waals surface area contributed by atoms with Crippen LogP contribution >= 0.6 is 0 Å². The number of nitrogens with zero attached hydrogens (tertiary/aromatic N) is 2. The van der Waals surface area contributed by atoms with Crippen LogP contribution in [0.1, 0.15) is 13.3 Å². The van der Waals surface area contributed by atoms with Gasteiger partial charge < -0.3 is 0 Å². The van der Waals surface area contributed by atoms with Crippen molar-refractivity contribution in [1.29, 1.82) is 0 Å². The van der Waals surface area contributed by atoms with Crippen LogP contribution in [0, 0.1) is 0 Å². The third-order valence-electron chi connectivity index (χ3n) is 2.21. The highest BCUT2D eigenvalue weighted by Crippen LogP contribution is 2.09. The standard InChI is InChI=1S/C7H16N2O2S/c1-3-8(2)12(10,11)7-9-5-4-6-9/h3-7H2,1-2H3. The van der Waals surface area contributed by atoms with E-state index in [0.717, 1.165) is 19.5 Å². The maximum atomic E-state index is 11.4. The van der Waals surface area contributed by atoms with Crippen molar-refractivity contribution >= 4 is 10.0 Å². The normalized spacial score (nSPS) is 19.6. The molecular weight excluding hydrogens is 176 g/mol. The lowest BCUT2D eigenvalue weighted by atomic mass is 10.2. The topological polar surface area (TPSA) is 40.6 Å². The molecule has 0 radical (unpaired) electrons. The molecule has 0 atom stereocenters. The maximum Gasteiger partial charge on any atom is 0.227 e. The van der Waals surface area contributed by atoms with E-state index >= 15 is 0 Å². The molecule has 1 fully saturated rings. The smallest absolute Gasteiger partial charge is 0.227 e. The Balaban J connectivity index is 2.47. The number of sulfonamides is 1. The highest BCUT2D eigenvalue weighted by molar-refractivity contribution is 7.89. The third kappa shape index (κ3) is 2.18. The molecule has 0 aromatic carbocycles. The van der Waals surface area contributed by atoms with Crippen molar-refractivity contribution in [2.24, 2.45) is 0 Å². The van der Waals surface area contributed by atoms with Crippen LogP contribution in [0.3, 0.4) is 0 Å². The lowest BCUT2D eigenvalue weighted by molar-refractivity contribution is 0.210. The first-order chi connectivity index (χ1) is 5.56. The minimum atomic E-state index is -3.01. The van der Waals surface area contributed by atoms with Gasteiger partial charge in [0.15, 0.2) is 0 Å². The van der Waals surface area contributed by atoms with Crippen LogP contribution < -0.4 is 0 Å². The number of likely N-dealkylation sites (tertiary alicyclic amines) is 1. The molecule has 0 aromatic heterocycles. The summed E-state index contributed by atoms with van der Waals surface area (Å²) < 4.78 is 24.3. The summed E-state index contributed by atoms with van der Waals surface area (Å²) in [5.74, 6) is 0.192. The van der Waals surface area contributed by atoms with Gasteiger partial charge in [-0.3, -0.25) is 4.90 Å². The van der Waals surface area contributed by atoms with Crippen LogP contribution in [0.15, 0.2) is 0 Å². The van der Waals surface area contributed by atoms with Crippen molar-refractivity contribution in [3.63, 3.8) is 0 Å². The SMILES string of the molecule is CCN(C)S(=O)(=O)CN1CCC1. The Morgan fingerprint density at radius 2 is 2.00 bits per heavy atom. The zero-order valence-corrected chi connectivity index (χ0v) is 8.47. The van der Waals surface area contributed by atoms with Crippen LogP contribution in [-0.2, 0) is 10.0 Å². The molecule has 1 rings (SSSR count). The highest BCUT2D eigenvalue weighted by Gasteiger charge is 2.23. The molecule has 0 unspecified atom stereocenters. The molecule has 1 aliphatic rings. The van der Waals surface area contributed by atoms with Gasteiger partial charge in [-0.25, -0.2) is 12.7 Å². The van der Waals surface area contributed by atoms with Gasteiger partial charge in [-0.05, 0) is 6.42 Å². The van der Waals surface area contributed by atoms with E-state index < -0.39 is 10.0 Å². The summed E-state index contributed by atoms with van der Waals surface area (Å²) in [6, 6.07) is 0. The van der Waals surface area contributed by atoms with Crippen molar-refractivity contribution in [3.8, 4) is 0 Å². The molecule has 0 bridgehead atoms. The minimum absolute atomic E-state index is 0.192. The Hall–Kier alpha value is -0.130. The monoisotopic (exact) mass is 192 g/mol. The number of hydrogen-bond donors (Lipinski definition) is 0. The Kier molecular flexibility index (Phi) is 3.09. The third-order valence-corrected chi connectivity index (χ3v) is 4.11. The quantitative estimate of drug-likeness (QED) is 0.626. The van der Waals surface area contributed by atoms with E-state index in [-0.39, 0.29) is 5.88 Å². The van der Waals surface area contributed by atoms with Gasteiger partial charge in [-0.1, -0.05) is 6.92 Å². The van der Waals surface area contributed by atoms with Crippen molar-refractivity contribution in [2.45, 2.75) is 13.3 Å². The van der Waals surface area contributed by atoms with E-state index in [9.17, 15) is 8.42 Å². The molecule has 1 aliphatic heterocycles. The molecule has 0 aromatic rings. The molecule has 4 nitrogen and oxygen atoms in total. The zero-order chi connectivity index (χ0) is 9.19. The van der Waals surface area contributed by atoms with E-state index in [2.05, 4.69) is 0 Å².